The van der Waals surface area contributed by atoms with Crippen molar-refractivity contribution in [2.45, 2.75) is 84.3 Å². The monoisotopic (exact) mass is 722 g/mol. The van der Waals surface area contributed by atoms with Gasteiger partial charge in [0, 0.05) is 75.4 Å². The molecule has 12 nitrogen and oxygen atoms in total. The van der Waals surface area contributed by atoms with Crippen LogP contribution < -0.4 is 4.90 Å². The molecule has 0 unspecified atom stereocenters. The Labute approximate surface area is 306 Å². The molecule has 3 aliphatic rings. The summed E-state index contributed by atoms with van der Waals surface area (Å²) in [5.74, 6) is -1.35. The summed E-state index contributed by atoms with van der Waals surface area (Å²) in [6, 6.07) is 6.60. The van der Waals surface area contributed by atoms with Crippen LogP contribution in [0.3, 0.4) is 0 Å². The lowest BCUT2D eigenvalue weighted by Crippen LogP contribution is -2.59. The topological polar surface area (TPSA) is 121 Å². The molecule has 0 bridgehead atoms. The minimum atomic E-state index is -0.902. The molecule has 3 aliphatic heterocycles. The quantitative estimate of drug-likeness (QED) is 0.337. The molecule has 1 aromatic heterocycles. The van der Waals surface area contributed by atoms with Gasteiger partial charge in [-0.1, -0.05) is 26.0 Å². The van der Waals surface area contributed by atoms with Gasteiger partial charge in [-0.25, -0.2) is 9.18 Å². The maximum Gasteiger partial charge on any atom is 0.410 e. The zero-order valence-electron chi connectivity index (χ0n) is 31.4. The Balaban J connectivity index is 1.30. The number of aromatic nitrogens is 2. The molecule has 13 heteroatoms. The lowest BCUT2D eigenvalue weighted by molar-refractivity contribution is -0.151. The molecule has 284 valence electrons. The van der Waals surface area contributed by atoms with Gasteiger partial charge in [0.2, 0.25) is 5.91 Å². The fraction of sp³-hybridized carbons (Fsp3) is 0.590. The molecule has 0 radical (unpaired) electrons. The van der Waals surface area contributed by atoms with Crippen LogP contribution in [0.2, 0.25) is 0 Å². The molecule has 2 fully saturated rings. The predicted octanol–water partition coefficient (Wildman–Crippen LogP) is 4.59. The molecule has 4 heterocycles. The SMILES string of the molecule is C/C(=C\c1cc(F)cc(N2CCN(C(=O)Cn3cccn3)CC2)c1)[C@H]1OC(=O)C[C@H](O)CC[C@H](C)[C@@H](OC(=O)N2CCN(C)C(C)(C)C2)/C=C/[C@@H]1C. The van der Waals surface area contributed by atoms with Crippen molar-refractivity contribution in [1.82, 2.24) is 24.5 Å². The van der Waals surface area contributed by atoms with Crippen molar-refractivity contribution in [2.24, 2.45) is 11.8 Å². The summed E-state index contributed by atoms with van der Waals surface area (Å²) < 4.78 is 28.7. The minimum absolute atomic E-state index is 0.0119. The minimum Gasteiger partial charge on any atom is -0.457 e. The lowest BCUT2D eigenvalue weighted by Gasteiger charge is -2.45. The number of hydrogen-bond acceptors (Lipinski definition) is 9. The third-order valence-corrected chi connectivity index (χ3v) is 10.7. The summed E-state index contributed by atoms with van der Waals surface area (Å²) in [6.07, 6.45) is 7.23. The van der Waals surface area contributed by atoms with Crippen molar-refractivity contribution >= 4 is 29.7 Å². The van der Waals surface area contributed by atoms with Gasteiger partial charge in [-0.15, -0.1) is 0 Å². The van der Waals surface area contributed by atoms with E-state index in [1.165, 1.54) is 12.1 Å². The van der Waals surface area contributed by atoms with Gasteiger partial charge in [0.05, 0.1) is 12.5 Å². The molecule has 1 N–H and O–H groups in total. The number of ether oxygens (including phenoxy) is 2. The Bertz CT molecular complexity index is 1600. The third-order valence-electron chi connectivity index (χ3n) is 10.7. The normalized spacial score (nSPS) is 27.3. The van der Waals surface area contributed by atoms with Crippen molar-refractivity contribution < 1.29 is 33.4 Å². The van der Waals surface area contributed by atoms with E-state index in [1.54, 1.807) is 32.9 Å². The summed E-state index contributed by atoms with van der Waals surface area (Å²) >= 11 is 0. The average molecular weight is 723 g/mol. The molecule has 5 atom stereocenters. The summed E-state index contributed by atoms with van der Waals surface area (Å²) in [7, 11) is 2.05. The first-order valence-corrected chi connectivity index (χ1v) is 18.4. The van der Waals surface area contributed by atoms with Crippen LogP contribution >= 0.6 is 0 Å². The van der Waals surface area contributed by atoms with Gasteiger partial charge in [-0.3, -0.25) is 19.2 Å². The fourth-order valence-corrected chi connectivity index (χ4v) is 7.09. The largest absolute Gasteiger partial charge is 0.457 e. The Morgan fingerprint density at radius 2 is 1.79 bits per heavy atom. The third kappa shape index (κ3) is 10.2. The first-order valence-electron chi connectivity index (χ1n) is 18.4. The number of amides is 2. The van der Waals surface area contributed by atoms with Crippen molar-refractivity contribution in [3.63, 3.8) is 0 Å². The first-order chi connectivity index (χ1) is 24.7. The number of anilines is 1. The molecular formula is C39H55FN6O6. The van der Waals surface area contributed by atoms with E-state index in [0.717, 1.165) is 6.54 Å². The number of halogens is 1. The van der Waals surface area contributed by atoms with Crippen LogP contribution in [0.25, 0.3) is 6.08 Å². The van der Waals surface area contributed by atoms with Crippen LogP contribution in [0.15, 0.2) is 54.4 Å². The van der Waals surface area contributed by atoms with Crippen LogP contribution in [0, 0.1) is 17.7 Å². The van der Waals surface area contributed by atoms with Crippen molar-refractivity contribution in [3.8, 4) is 0 Å². The van der Waals surface area contributed by atoms with Crippen molar-refractivity contribution in [2.75, 3.05) is 57.8 Å². The number of carbonyl (C=O) groups is 3. The first kappa shape index (κ1) is 39.0. The van der Waals surface area contributed by atoms with Crippen LogP contribution in [-0.4, -0.2) is 124 Å². The van der Waals surface area contributed by atoms with Crippen LogP contribution in [0.4, 0.5) is 14.9 Å². The summed E-state index contributed by atoms with van der Waals surface area (Å²) in [4.78, 5) is 47.0. The van der Waals surface area contributed by atoms with Crippen LogP contribution in [-0.2, 0) is 25.6 Å². The molecule has 0 saturated carbocycles. The second-order valence-corrected chi connectivity index (χ2v) is 15.3. The maximum atomic E-state index is 15.1. The highest BCUT2D eigenvalue weighted by molar-refractivity contribution is 5.76. The summed E-state index contributed by atoms with van der Waals surface area (Å²) in [5, 5.41) is 14.8. The number of esters is 1. The van der Waals surface area contributed by atoms with Crippen molar-refractivity contribution in [3.05, 3.63) is 65.8 Å². The van der Waals surface area contributed by atoms with Gasteiger partial charge in [-0.2, -0.15) is 5.10 Å². The van der Waals surface area contributed by atoms with E-state index >= 15 is 4.39 Å². The van der Waals surface area contributed by atoms with E-state index in [0.29, 0.717) is 68.9 Å². The Kier molecular flexibility index (Phi) is 12.8. The van der Waals surface area contributed by atoms with E-state index in [1.807, 2.05) is 45.1 Å². The maximum absolute atomic E-state index is 15.1. The number of aliphatic hydroxyl groups is 1. The number of rotatable bonds is 6. The van der Waals surface area contributed by atoms with E-state index in [4.69, 9.17) is 9.47 Å². The number of likely N-dealkylation sites (N-methyl/N-ethyl adjacent to an activating group) is 1. The number of piperazine rings is 2. The zero-order chi connectivity index (χ0) is 37.6. The number of cyclic esters (lactones) is 1. The standard InChI is InChI=1S/C39H55FN6O6/c1-27-8-10-33(47)24-36(49)52-37(28(2)9-11-34(27)51-38(50)45-15-14-42(6)39(4,5)26-45)29(3)20-30-21-31(40)23-32(22-30)43-16-18-44(19-17-43)35(48)25-46-13-7-12-41-46/h7,9,11-13,20-23,27-28,33-34,37,47H,8,10,14-19,24-26H2,1-6H3/b11-9+,29-20+/t27-,28-,33+,34-,37-/m0/s1. The van der Waals surface area contributed by atoms with Gasteiger partial charge < -0.3 is 29.3 Å². The number of nitrogens with zero attached hydrogens (tertiary/aromatic N) is 6. The Morgan fingerprint density at radius 1 is 1.06 bits per heavy atom. The molecule has 5 rings (SSSR count). The van der Waals surface area contributed by atoms with Crippen LogP contribution in [0.5, 0.6) is 0 Å². The number of carbonyl (C=O) groups excluding carboxylic acids is 3. The Hall–Kier alpha value is -4.23. The molecule has 0 aliphatic carbocycles. The predicted molar refractivity (Wildman–Crippen MR) is 197 cm³/mol. The molecule has 1 aromatic carbocycles. The highest BCUT2D eigenvalue weighted by Gasteiger charge is 2.35. The van der Waals surface area contributed by atoms with Gasteiger partial charge >= 0.3 is 12.1 Å². The van der Waals surface area contributed by atoms with Gasteiger partial charge in [0.25, 0.3) is 0 Å². The van der Waals surface area contributed by atoms with E-state index < -0.39 is 30.1 Å². The molecule has 52 heavy (non-hydrogen) atoms. The van der Waals surface area contributed by atoms with Gasteiger partial charge in [0.1, 0.15) is 24.6 Å². The fourth-order valence-electron chi connectivity index (χ4n) is 7.09. The smallest absolute Gasteiger partial charge is 0.410 e. The summed E-state index contributed by atoms with van der Waals surface area (Å²) in [6.45, 7) is 14.1. The van der Waals surface area contributed by atoms with Crippen molar-refractivity contribution in [1.29, 1.82) is 0 Å². The highest BCUT2D eigenvalue weighted by Crippen LogP contribution is 2.28. The Morgan fingerprint density at radius 3 is 2.48 bits per heavy atom. The molecule has 0 spiro atoms. The second-order valence-electron chi connectivity index (χ2n) is 15.3. The molecular weight excluding hydrogens is 667 g/mol. The van der Waals surface area contributed by atoms with Gasteiger partial charge in [-0.05, 0) is 88.1 Å². The number of benzene rings is 1. The second kappa shape index (κ2) is 17.1. The number of hydrogen-bond donors (Lipinski definition) is 1. The summed E-state index contributed by atoms with van der Waals surface area (Å²) in [5.41, 5.74) is 1.83. The highest BCUT2D eigenvalue weighted by atomic mass is 19.1. The van der Waals surface area contributed by atoms with Crippen LogP contribution in [0.1, 0.15) is 59.4 Å². The number of aliphatic hydroxyl groups excluding tert-OH is 1. The average Bonchev–Trinajstić information content (AvgIpc) is 3.61. The molecule has 2 saturated heterocycles. The lowest BCUT2D eigenvalue weighted by atomic mass is 9.91. The van der Waals surface area contributed by atoms with E-state index in [-0.39, 0.29) is 42.3 Å². The molecule has 2 amide bonds. The van der Waals surface area contributed by atoms with E-state index in [2.05, 4.69) is 35.8 Å². The zero-order valence-corrected chi connectivity index (χ0v) is 31.4. The van der Waals surface area contributed by atoms with Gasteiger partial charge in [0.15, 0.2) is 0 Å². The van der Waals surface area contributed by atoms with E-state index in [9.17, 15) is 19.5 Å². The molecule has 2 aromatic rings.